The fraction of sp³-hybridized carbons (Fsp3) is 0.562. The van der Waals surface area contributed by atoms with Crippen LogP contribution in [0.1, 0.15) is 43.5 Å². The molecule has 0 aromatic carbocycles. The maximum absolute atomic E-state index is 9.45. The van der Waals surface area contributed by atoms with Crippen LogP contribution in [0.4, 0.5) is 0 Å². The molecule has 0 atom stereocenters. The Morgan fingerprint density at radius 3 is 2.73 bits per heavy atom. The summed E-state index contributed by atoms with van der Waals surface area (Å²) in [6.45, 7) is 1.84. The zero-order chi connectivity index (χ0) is 15.5. The molecule has 1 aliphatic carbocycles. The molecule has 22 heavy (non-hydrogen) atoms. The van der Waals surface area contributed by atoms with Crippen LogP contribution in [0.15, 0.2) is 12.4 Å². The van der Waals surface area contributed by atoms with Gasteiger partial charge >= 0.3 is 0 Å². The predicted octanol–water partition coefficient (Wildman–Crippen LogP) is 2.39. The number of aliphatic hydroxyl groups excluding tert-OH is 1. The zero-order valence-electron chi connectivity index (χ0n) is 13.1. The third-order valence-corrected chi connectivity index (χ3v) is 4.23. The highest BCUT2D eigenvalue weighted by molar-refractivity contribution is 5.57. The molecular weight excluding hydrogens is 280 g/mol. The minimum Gasteiger partial charge on any atom is -0.487 e. The van der Waals surface area contributed by atoms with Crippen molar-refractivity contribution < 1.29 is 9.84 Å². The maximum Gasteiger partial charge on any atom is 0.163 e. The van der Waals surface area contributed by atoms with Crippen molar-refractivity contribution in [2.45, 2.75) is 51.7 Å². The summed E-state index contributed by atoms with van der Waals surface area (Å²) in [6.07, 6.45) is 9.70. The van der Waals surface area contributed by atoms with Gasteiger partial charge in [0.15, 0.2) is 11.6 Å². The fourth-order valence-electron chi connectivity index (χ4n) is 2.90. The van der Waals surface area contributed by atoms with Gasteiger partial charge in [-0.2, -0.15) is 5.10 Å². The van der Waals surface area contributed by atoms with E-state index in [1.165, 1.54) is 19.3 Å². The van der Waals surface area contributed by atoms with E-state index in [9.17, 15) is 5.11 Å². The summed E-state index contributed by atoms with van der Waals surface area (Å²) in [5, 5.41) is 13.6. The van der Waals surface area contributed by atoms with Crippen LogP contribution >= 0.6 is 0 Å². The number of nitrogens with zero attached hydrogens (tertiary/aromatic N) is 4. The average molecular weight is 302 g/mol. The van der Waals surface area contributed by atoms with Gasteiger partial charge in [0.1, 0.15) is 0 Å². The van der Waals surface area contributed by atoms with Gasteiger partial charge in [-0.3, -0.25) is 4.68 Å². The second kappa shape index (κ2) is 6.44. The molecule has 2 aromatic rings. The first-order valence-electron chi connectivity index (χ1n) is 7.81. The third kappa shape index (κ3) is 2.97. The molecule has 1 saturated carbocycles. The van der Waals surface area contributed by atoms with Crippen molar-refractivity contribution in [2.24, 2.45) is 7.05 Å². The van der Waals surface area contributed by atoms with E-state index in [4.69, 9.17) is 4.74 Å². The van der Waals surface area contributed by atoms with Gasteiger partial charge in [0.2, 0.25) is 0 Å². The van der Waals surface area contributed by atoms with E-state index in [1.807, 2.05) is 6.92 Å². The van der Waals surface area contributed by atoms with Crippen molar-refractivity contribution in [1.82, 2.24) is 19.7 Å². The monoisotopic (exact) mass is 302 g/mol. The molecule has 0 spiro atoms. The van der Waals surface area contributed by atoms with Crippen molar-refractivity contribution in [3.63, 3.8) is 0 Å². The topological polar surface area (TPSA) is 73.1 Å². The molecule has 2 heterocycles. The van der Waals surface area contributed by atoms with Gasteiger partial charge < -0.3 is 9.84 Å². The van der Waals surface area contributed by atoms with E-state index in [0.717, 1.165) is 29.8 Å². The van der Waals surface area contributed by atoms with Crippen molar-refractivity contribution in [3.8, 4) is 17.1 Å². The van der Waals surface area contributed by atoms with Gasteiger partial charge in [0.05, 0.1) is 42.1 Å². The van der Waals surface area contributed by atoms with Crippen molar-refractivity contribution >= 4 is 0 Å². The van der Waals surface area contributed by atoms with Crippen molar-refractivity contribution in [3.05, 3.63) is 23.8 Å². The first-order valence-corrected chi connectivity index (χ1v) is 7.81. The Hall–Kier alpha value is -1.95. The molecule has 0 saturated heterocycles. The summed E-state index contributed by atoms with van der Waals surface area (Å²) in [4.78, 5) is 8.93. The molecule has 2 aromatic heterocycles. The zero-order valence-corrected chi connectivity index (χ0v) is 13.1. The normalized spacial score (nSPS) is 16.0. The molecule has 1 N–H and O–H groups in total. The van der Waals surface area contributed by atoms with Gasteiger partial charge in [-0.15, -0.1) is 0 Å². The summed E-state index contributed by atoms with van der Waals surface area (Å²) in [5.41, 5.74) is 2.29. The number of hydrogen-bond acceptors (Lipinski definition) is 5. The fourth-order valence-corrected chi connectivity index (χ4v) is 2.90. The Morgan fingerprint density at radius 1 is 1.27 bits per heavy atom. The van der Waals surface area contributed by atoms with Crippen LogP contribution in [-0.4, -0.2) is 31.0 Å². The lowest BCUT2D eigenvalue weighted by atomic mass is 9.98. The van der Waals surface area contributed by atoms with E-state index in [0.29, 0.717) is 11.5 Å². The van der Waals surface area contributed by atoms with Crippen LogP contribution in [0, 0.1) is 6.92 Å². The lowest BCUT2D eigenvalue weighted by Gasteiger charge is -2.23. The number of aryl methyl sites for hydroxylation is 2. The predicted molar refractivity (Wildman–Crippen MR) is 82.4 cm³/mol. The molecule has 0 bridgehead atoms. The smallest absolute Gasteiger partial charge is 0.163 e. The highest BCUT2D eigenvalue weighted by Crippen LogP contribution is 2.27. The minimum absolute atomic E-state index is 0.0887. The Bertz CT molecular complexity index is 648. The Labute approximate surface area is 130 Å². The van der Waals surface area contributed by atoms with Gasteiger partial charge in [-0.05, 0) is 32.6 Å². The van der Waals surface area contributed by atoms with E-state index in [-0.39, 0.29) is 12.7 Å². The van der Waals surface area contributed by atoms with Gasteiger partial charge in [0, 0.05) is 7.05 Å². The van der Waals surface area contributed by atoms with Crippen molar-refractivity contribution in [1.29, 1.82) is 0 Å². The average Bonchev–Trinajstić information content (AvgIpc) is 2.91. The Morgan fingerprint density at radius 2 is 2.05 bits per heavy atom. The van der Waals surface area contributed by atoms with E-state index in [2.05, 4.69) is 15.1 Å². The number of rotatable bonds is 4. The largest absolute Gasteiger partial charge is 0.487 e. The van der Waals surface area contributed by atoms with Crippen LogP contribution < -0.4 is 4.74 Å². The van der Waals surface area contributed by atoms with E-state index < -0.39 is 0 Å². The summed E-state index contributed by atoms with van der Waals surface area (Å²) >= 11 is 0. The van der Waals surface area contributed by atoms with Crippen LogP contribution in [-0.2, 0) is 13.7 Å². The molecule has 1 aliphatic rings. The van der Waals surface area contributed by atoms with Crippen LogP contribution in [0.25, 0.3) is 11.4 Å². The molecule has 6 heteroatoms. The molecule has 1 fully saturated rings. The lowest BCUT2D eigenvalue weighted by molar-refractivity contribution is 0.152. The second-order valence-electron chi connectivity index (χ2n) is 5.81. The van der Waals surface area contributed by atoms with Crippen LogP contribution in [0.5, 0.6) is 5.75 Å². The van der Waals surface area contributed by atoms with E-state index in [1.54, 1.807) is 24.1 Å². The van der Waals surface area contributed by atoms with Crippen molar-refractivity contribution in [2.75, 3.05) is 0 Å². The van der Waals surface area contributed by atoms with Gasteiger partial charge in [0.25, 0.3) is 0 Å². The first-order chi connectivity index (χ1) is 10.7. The quantitative estimate of drug-likeness (QED) is 0.938. The standard InChI is InChI=1S/C16H22N4O2/c1-11-15(22-12-6-4-3-5-7-12)9-17-16(19-11)13-8-18-20(2)14(13)10-21/h8-9,12,21H,3-7,10H2,1-2H3. The number of ether oxygens (including phenoxy) is 1. The highest BCUT2D eigenvalue weighted by Gasteiger charge is 2.18. The number of aromatic nitrogens is 4. The number of hydrogen-bond donors (Lipinski definition) is 1. The van der Waals surface area contributed by atoms with Gasteiger partial charge in [-0.25, -0.2) is 9.97 Å². The third-order valence-electron chi connectivity index (χ3n) is 4.23. The molecule has 0 unspecified atom stereocenters. The van der Waals surface area contributed by atoms with E-state index >= 15 is 0 Å². The van der Waals surface area contributed by atoms with Crippen LogP contribution in [0.2, 0.25) is 0 Å². The summed E-state index contributed by atoms with van der Waals surface area (Å²) in [7, 11) is 1.79. The molecule has 0 amide bonds. The van der Waals surface area contributed by atoms with Crippen LogP contribution in [0.3, 0.4) is 0 Å². The summed E-state index contributed by atoms with van der Waals surface area (Å²) in [6, 6.07) is 0. The lowest BCUT2D eigenvalue weighted by Crippen LogP contribution is -2.20. The molecule has 118 valence electrons. The SMILES string of the molecule is Cc1nc(-c2cnn(C)c2CO)ncc1OC1CCCCC1. The molecular formula is C16H22N4O2. The minimum atomic E-state index is -0.0887. The summed E-state index contributed by atoms with van der Waals surface area (Å²) < 4.78 is 7.68. The molecule has 3 rings (SSSR count). The summed E-state index contributed by atoms with van der Waals surface area (Å²) in [5.74, 6) is 1.33. The highest BCUT2D eigenvalue weighted by atomic mass is 16.5. The second-order valence-corrected chi connectivity index (χ2v) is 5.81. The maximum atomic E-state index is 9.45. The molecule has 0 radical (unpaired) electrons. The Kier molecular flexibility index (Phi) is 4.38. The molecule has 6 nitrogen and oxygen atoms in total. The first kappa shape index (κ1) is 15.0. The Balaban J connectivity index is 1.82. The molecule has 0 aliphatic heterocycles. The van der Waals surface area contributed by atoms with Gasteiger partial charge in [-0.1, -0.05) is 6.42 Å². The number of aliphatic hydroxyl groups is 1.